The van der Waals surface area contributed by atoms with E-state index in [4.69, 9.17) is 0 Å². The van der Waals surface area contributed by atoms with Crippen LogP contribution in [-0.2, 0) is 6.42 Å². The molecular formula is C21H20N2O. The molecule has 0 bridgehead atoms. The van der Waals surface area contributed by atoms with Crippen LogP contribution in [0.3, 0.4) is 0 Å². The summed E-state index contributed by atoms with van der Waals surface area (Å²) in [6.07, 6.45) is 0.640. The quantitative estimate of drug-likeness (QED) is 0.561. The number of benzene rings is 2. The number of H-pyrrole nitrogens is 2. The molecule has 0 atom stereocenters. The van der Waals surface area contributed by atoms with E-state index in [-0.39, 0.29) is 5.43 Å². The lowest BCUT2D eigenvalue weighted by atomic mass is 9.98. The van der Waals surface area contributed by atoms with Crippen LogP contribution >= 0.6 is 0 Å². The second-order valence-electron chi connectivity index (χ2n) is 6.56. The summed E-state index contributed by atoms with van der Waals surface area (Å²) >= 11 is 0. The maximum Gasteiger partial charge on any atom is 0.193 e. The van der Waals surface area contributed by atoms with E-state index in [0.717, 1.165) is 38.9 Å². The normalized spacial score (nSPS) is 11.5. The molecule has 4 aromatic rings. The number of para-hydroxylation sites is 1. The van der Waals surface area contributed by atoms with E-state index in [9.17, 15) is 4.79 Å². The Morgan fingerprint density at radius 3 is 2.25 bits per heavy atom. The van der Waals surface area contributed by atoms with Crippen molar-refractivity contribution in [1.82, 2.24) is 9.97 Å². The number of aryl methyl sites for hydroxylation is 3. The molecule has 0 spiro atoms. The molecular weight excluding hydrogens is 296 g/mol. The number of rotatable bonds is 2. The molecule has 0 aliphatic heterocycles. The summed E-state index contributed by atoms with van der Waals surface area (Å²) in [5.74, 6) is 0. The molecule has 2 N–H and O–H groups in total. The Labute approximate surface area is 140 Å². The van der Waals surface area contributed by atoms with Gasteiger partial charge in [-0.15, -0.1) is 0 Å². The van der Waals surface area contributed by atoms with Gasteiger partial charge in [-0.1, -0.05) is 29.8 Å². The molecule has 0 saturated carbocycles. The topological polar surface area (TPSA) is 48.6 Å². The largest absolute Gasteiger partial charge is 0.358 e. The van der Waals surface area contributed by atoms with Crippen molar-refractivity contribution in [2.24, 2.45) is 0 Å². The lowest BCUT2D eigenvalue weighted by Gasteiger charge is -2.09. The van der Waals surface area contributed by atoms with Crippen LogP contribution in [-0.4, -0.2) is 9.97 Å². The van der Waals surface area contributed by atoms with E-state index in [1.54, 1.807) is 0 Å². The monoisotopic (exact) mass is 316 g/mol. The van der Waals surface area contributed by atoms with Crippen molar-refractivity contribution < 1.29 is 0 Å². The second-order valence-corrected chi connectivity index (χ2v) is 6.56. The van der Waals surface area contributed by atoms with Gasteiger partial charge in [0.05, 0.1) is 0 Å². The summed E-state index contributed by atoms with van der Waals surface area (Å²) in [5, 5.41) is 1.96. The highest BCUT2D eigenvalue weighted by atomic mass is 16.1. The van der Waals surface area contributed by atoms with Gasteiger partial charge in [-0.2, -0.15) is 0 Å². The van der Waals surface area contributed by atoms with Gasteiger partial charge in [0.2, 0.25) is 0 Å². The van der Waals surface area contributed by atoms with Gasteiger partial charge in [-0.3, -0.25) is 4.79 Å². The third-order valence-corrected chi connectivity index (χ3v) is 4.85. The number of hydrogen-bond donors (Lipinski definition) is 2. The van der Waals surface area contributed by atoms with Crippen molar-refractivity contribution >= 4 is 21.8 Å². The first-order chi connectivity index (χ1) is 11.5. The molecule has 24 heavy (non-hydrogen) atoms. The lowest BCUT2D eigenvalue weighted by Crippen LogP contribution is -2.14. The van der Waals surface area contributed by atoms with Gasteiger partial charge < -0.3 is 9.97 Å². The van der Waals surface area contributed by atoms with E-state index >= 15 is 0 Å². The fraction of sp³-hybridized carbons (Fsp3) is 0.190. The van der Waals surface area contributed by atoms with Crippen LogP contribution in [0.25, 0.3) is 21.8 Å². The zero-order chi connectivity index (χ0) is 16.8. The number of pyridine rings is 1. The van der Waals surface area contributed by atoms with Gasteiger partial charge in [0.25, 0.3) is 0 Å². The Morgan fingerprint density at radius 2 is 1.46 bits per heavy atom. The minimum absolute atomic E-state index is 0.134. The SMILES string of the molecule is Cc1ccc2[nH]c(C)c(Cc3c(C)[nH]c4ccccc34)c(=O)c2c1. The molecule has 0 aliphatic rings. The molecule has 2 aromatic carbocycles. The predicted octanol–water partition coefficient (Wildman–Crippen LogP) is 4.53. The van der Waals surface area contributed by atoms with Crippen molar-refractivity contribution in [3.05, 3.63) is 80.8 Å². The van der Waals surface area contributed by atoms with Gasteiger partial charge in [0, 0.05) is 45.2 Å². The summed E-state index contributed by atoms with van der Waals surface area (Å²) < 4.78 is 0. The maximum atomic E-state index is 13.0. The summed E-state index contributed by atoms with van der Waals surface area (Å²) in [4.78, 5) is 19.9. The zero-order valence-electron chi connectivity index (χ0n) is 14.2. The van der Waals surface area contributed by atoms with Crippen LogP contribution < -0.4 is 5.43 Å². The predicted molar refractivity (Wildman–Crippen MR) is 99.9 cm³/mol. The van der Waals surface area contributed by atoms with Gasteiger partial charge >= 0.3 is 0 Å². The molecule has 120 valence electrons. The van der Waals surface area contributed by atoms with Crippen molar-refractivity contribution in [3.63, 3.8) is 0 Å². The minimum Gasteiger partial charge on any atom is -0.358 e. The van der Waals surface area contributed by atoms with E-state index in [2.05, 4.69) is 29.0 Å². The number of hydrogen-bond acceptors (Lipinski definition) is 1. The van der Waals surface area contributed by atoms with Crippen LogP contribution in [0.1, 0.15) is 28.1 Å². The zero-order valence-corrected chi connectivity index (χ0v) is 14.2. The molecule has 0 radical (unpaired) electrons. The first-order valence-corrected chi connectivity index (χ1v) is 8.23. The van der Waals surface area contributed by atoms with Gasteiger partial charge in [0.15, 0.2) is 5.43 Å². The van der Waals surface area contributed by atoms with Crippen molar-refractivity contribution in [1.29, 1.82) is 0 Å². The molecule has 0 fully saturated rings. The third-order valence-electron chi connectivity index (χ3n) is 4.85. The smallest absolute Gasteiger partial charge is 0.193 e. The molecule has 0 aliphatic carbocycles. The Balaban J connectivity index is 1.93. The van der Waals surface area contributed by atoms with E-state index in [1.165, 1.54) is 10.9 Å². The standard InChI is InChI=1S/C21H20N2O/c1-12-8-9-20-18(10-12)21(24)17(14(3)23-20)11-16-13(2)22-19-7-5-4-6-15(16)19/h4-10,22H,11H2,1-3H3,(H,23,24). The molecule has 2 aromatic heterocycles. The second kappa shape index (κ2) is 5.38. The fourth-order valence-corrected chi connectivity index (χ4v) is 3.52. The average Bonchev–Trinajstić information content (AvgIpc) is 2.88. The fourth-order valence-electron chi connectivity index (χ4n) is 3.52. The van der Waals surface area contributed by atoms with Crippen molar-refractivity contribution in [3.8, 4) is 0 Å². The van der Waals surface area contributed by atoms with Crippen LogP contribution in [0.4, 0.5) is 0 Å². The van der Waals surface area contributed by atoms with Crippen molar-refractivity contribution in [2.45, 2.75) is 27.2 Å². The summed E-state index contributed by atoms with van der Waals surface area (Å²) in [7, 11) is 0. The van der Waals surface area contributed by atoms with E-state index < -0.39 is 0 Å². The van der Waals surface area contributed by atoms with Crippen molar-refractivity contribution in [2.75, 3.05) is 0 Å². The Kier molecular flexibility index (Phi) is 3.31. The highest BCUT2D eigenvalue weighted by molar-refractivity contribution is 5.85. The van der Waals surface area contributed by atoms with Crippen LogP contribution in [0.5, 0.6) is 0 Å². The Hall–Kier alpha value is -2.81. The third kappa shape index (κ3) is 2.24. The van der Waals surface area contributed by atoms with Crippen LogP contribution in [0.2, 0.25) is 0 Å². The van der Waals surface area contributed by atoms with E-state index in [0.29, 0.717) is 6.42 Å². The maximum absolute atomic E-state index is 13.0. The van der Waals surface area contributed by atoms with Gasteiger partial charge in [-0.25, -0.2) is 0 Å². The summed E-state index contributed by atoms with van der Waals surface area (Å²) in [6, 6.07) is 14.2. The Bertz CT molecular complexity index is 1130. The number of aromatic amines is 2. The average molecular weight is 316 g/mol. The molecule has 3 heteroatoms. The molecule has 0 saturated heterocycles. The lowest BCUT2D eigenvalue weighted by molar-refractivity contribution is 1.07. The van der Waals surface area contributed by atoms with E-state index in [1.807, 2.05) is 44.2 Å². The molecule has 4 rings (SSSR count). The summed E-state index contributed by atoms with van der Waals surface area (Å²) in [5.41, 5.74) is 7.38. The number of fused-ring (bicyclic) bond motifs is 2. The van der Waals surface area contributed by atoms with Crippen LogP contribution in [0, 0.1) is 20.8 Å². The highest BCUT2D eigenvalue weighted by Gasteiger charge is 2.14. The highest BCUT2D eigenvalue weighted by Crippen LogP contribution is 2.25. The first-order valence-electron chi connectivity index (χ1n) is 8.23. The number of aromatic nitrogens is 2. The number of nitrogens with one attached hydrogen (secondary N) is 2. The molecule has 3 nitrogen and oxygen atoms in total. The molecule has 0 unspecified atom stereocenters. The molecule has 0 amide bonds. The van der Waals surface area contributed by atoms with Crippen LogP contribution in [0.15, 0.2) is 47.3 Å². The summed E-state index contributed by atoms with van der Waals surface area (Å²) in [6.45, 7) is 6.08. The van der Waals surface area contributed by atoms with Gasteiger partial charge in [-0.05, 0) is 44.5 Å². The van der Waals surface area contributed by atoms with Gasteiger partial charge in [0.1, 0.15) is 0 Å². The first kappa shape index (κ1) is 14.8. The molecule has 2 heterocycles. The minimum atomic E-state index is 0.134. The Morgan fingerprint density at radius 1 is 0.792 bits per heavy atom.